The van der Waals surface area contributed by atoms with Crippen molar-refractivity contribution in [1.29, 1.82) is 0 Å². The molecule has 0 saturated heterocycles. The van der Waals surface area contributed by atoms with Crippen LogP contribution < -0.4 is 5.73 Å². The molecular formula is C14H25N5. The van der Waals surface area contributed by atoms with Crippen molar-refractivity contribution in [2.75, 3.05) is 13.1 Å². The molecule has 0 amide bonds. The van der Waals surface area contributed by atoms with Crippen LogP contribution >= 0.6 is 0 Å². The summed E-state index contributed by atoms with van der Waals surface area (Å²) in [5.41, 5.74) is 6.39. The molecule has 2 N–H and O–H groups in total. The van der Waals surface area contributed by atoms with Gasteiger partial charge in [0.05, 0.1) is 6.54 Å². The Bertz CT molecular complexity index is 443. The quantitative estimate of drug-likeness (QED) is 0.872. The summed E-state index contributed by atoms with van der Waals surface area (Å²) in [4.78, 5) is 2.58. The molecule has 0 aromatic carbocycles. The highest BCUT2D eigenvalue weighted by molar-refractivity contribution is 5.03. The number of aromatic nitrogens is 3. The topological polar surface area (TPSA) is 60.0 Å². The average molecular weight is 263 g/mol. The minimum absolute atomic E-state index is 0.162. The van der Waals surface area contributed by atoms with Gasteiger partial charge in [0.15, 0.2) is 0 Å². The molecule has 1 aromatic heterocycles. The van der Waals surface area contributed by atoms with E-state index in [9.17, 15) is 0 Å². The Balaban J connectivity index is 1.86. The Hall–Kier alpha value is -0.940. The molecule has 106 valence electrons. The van der Waals surface area contributed by atoms with Crippen LogP contribution in [0.15, 0.2) is 6.33 Å². The second kappa shape index (κ2) is 4.87. The van der Waals surface area contributed by atoms with Crippen molar-refractivity contribution >= 4 is 0 Å². The van der Waals surface area contributed by atoms with Gasteiger partial charge in [-0.05, 0) is 18.3 Å². The van der Waals surface area contributed by atoms with E-state index in [-0.39, 0.29) is 5.54 Å². The largest absolute Gasteiger partial charge is 0.329 e. The SMILES string of the molecule is CC1CCCC(CN)(N2CCn3cnnc3C2)C1C. The first kappa shape index (κ1) is 13.1. The van der Waals surface area contributed by atoms with Crippen molar-refractivity contribution in [3.63, 3.8) is 0 Å². The average Bonchev–Trinajstić information content (AvgIpc) is 2.89. The lowest BCUT2D eigenvalue weighted by molar-refractivity contribution is -0.0279. The molecule has 0 radical (unpaired) electrons. The number of hydrogen-bond donors (Lipinski definition) is 1. The summed E-state index contributed by atoms with van der Waals surface area (Å²) < 4.78 is 2.16. The molecule has 19 heavy (non-hydrogen) atoms. The van der Waals surface area contributed by atoms with E-state index in [2.05, 4.69) is 33.5 Å². The number of rotatable bonds is 2. The summed E-state index contributed by atoms with van der Waals surface area (Å²) in [5.74, 6) is 2.50. The predicted molar refractivity (Wildman–Crippen MR) is 74.4 cm³/mol. The third-order valence-corrected chi connectivity index (χ3v) is 5.59. The molecule has 3 unspecified atom stereocenters. The summed E-state index contributed by atoms with van der Waals surface area (Å²) in [5, 5.41) is 8.26. The monoisotopic (exact) mass is 263 g/mol. The number of hydrogen-bond acceptors (Lipinski definition) is 4. The summed E-state index contributed by atoms with van der Waals surface area (Å²) in [6, 6.07) is 0. The van der Waals surface area contributed by atoms with Gasteiger partial charge in [0.2, 0.25) is 0 Å². The van der Waals surface area contributed by atoms with Crippen LogP contribution in [0.25, 0.3) is 0 Å². The van der Waals surface area contributed by atoms with Crippen LogP contribution in [-0.2, 0) is 13.1 Å². The van der Waals surface area contributed by atoms with E-state index in [0.717, 1.165) is 37.9 Å². The van der Waals surface area contributed by atoms with Crippen LogP contribution in [0.4, 0.5) is 0 Å². The van der Waals surface area contributed by atoms with E-state index in [0.29, 0.717) is 5.92 Å². The fraction of sp³-hybridized carbons (Fsp3) is 0.857. The molecule has 1 aliphatic carbocycles. The summed E-state index contributed by atoms with van der Waals surface area (Å²) in [7, 11) is 0. The van der Waals surface area contributed by atoms with Gasteiger partial charge in [-0.15, -0.1) is 10.2 Å². The smallest absolute Gasteiger partial charge is 0.147 e. The van der Waals surface area contributed by atoms with Gasteiger partial charge in [-0.2, -0.15) is 0 Å². The maximum absolute atomic E-state index is 6.23. The molecule has 3 atom stereocenters. The zero-order chi connectivity index (χ0) is 13.5. The Morgan fingerprint density at radius 2 is 2.26 bits per heavy atom. The Labute approximate surface area is 115 Å². The van der Waals surface area contributed by atoms with E-state index < -0.39 is 0 Å². The predicted octanol–water partition coefficient (Wildman–Crippen LogP) is 1.25. The van der Waals surface area contributed by atoms with E-state index in [1.807, 2.05) is 6.33 Å². The second-order valence-corrected chi connectivity index (χ2v) is 6.33. The van der Waals surface area contributed by atoms with Crippen molar-refractivity contribution in [2.24, 2.45) is 17.6 Å². The highest BCUT2D eigenvalue weighted by atomic mass is 15.3. The first-order chi connectivity index (χ1) is 9.17. The van der Waals surface area contributed by atoms with Crippen LogP contribution in [0, 0.1) is 11.8 Å². The van der Waals surface area contributed by atoms with Gasteiger partial charge < -0.3 is 10.3 Å². The van der Waals surface area contributed by atoms with Gasteiger partial charge in [-0.25, -0.2) is 0 Å². The van der Waals surface area contributed by atoms with Crippen molar-refractivity contribution in [3.05, 3.63) is 12.2 Å². The van der Waals surface area contributed by atoms with Crippen molar-refractivity contribution < 1.29 is 0 Å². The van der Waals surface area contributed by atoms with Crippen LogP contribution in [0.5, 0.6) is 0 Å². The first-order valence-electron chi connectivity index (χ1n) is 7.49. The van der Waals surface area contributed by atoms with Crippen molar-refractivity contribution in [3.8, 4) is 0 Å². The van der Waals surface area contributed by atoms with Gasteiger partial charge >= 0.3 is 0 Å². The van der Waals surface area contributed by atoms with E-state index >= 15 is 0 Å². The molecule has 1 aliphatic heterocycles. The van der Waals surface area contributed by atoms with Crippen LogP contribution in [0.1, 0.15) is 38.9 Å². The maximum Gasteiger partial charge on any atom is 0.147 e. The lowest BCUT2D eigenvalue weighted by atomic mass is 9.67. The molecule has 5 nitrogen and oxygen atoms in total. The standard InChI is InChI=1S/C14H25N5/c1-11-4-3-5-14(9-15,12(11)2)19-7-6-18-10-16-17-13(18)8-19/h10-12H,3-9,15H2,1-2H3. The maximum atomic E-state index is 6.23. The Kier molecular flexibility index (Phi) is 3.35. The molecule has 2 aliphatic rings. The number of nitrogens with zero attached hydrogens (tertiary/aromatic N) is 4. The molecule has 0 bridgehead atoms. The lowest BCUT2D eigenvalue weighted by Crippen LogP contribution is -2.62. The fourth-order valence-corrected chi connectivity index (χ4v) is 4.05. The molecule has 1 fully saturated rings. The molecule has 5 heteroatoms. The van der Waals surface area contributed by atoms with Crippen LogP contribution in [0.2, 0.25) is 0 Å². The van der Waals surface area contributed by atoms with Crippen molar-refractivity contribution in [2.45, 2.75) is 51.7 Å². The van der Waals surface area contributed by atoms with Crippen LogP contribution in [0.3, 0.4) is 0 Å². The fourth-order valence-electron chi connectivity index (χ4n) is 4.05. The van der Waals surface area contributed by atoms with Crippen LogP contribution in [-0.4, -0.2) is 38.3 Å². The molecule has 3 rings (SSSR count). The molecule has 1 saturated carbocycles. The molecule has 0 spiro atoms. The summed E-state index contributed by atoms with van der Waals surface area (Å²) >= 11 is 0. The minimum Gasteiger partial charge on any atom is -0.329 e. The van der Waals surface area contributed by atoms with Gasteiger partial charge in [-0.3, -0.25) is 4.90 Å². The van der Waals surface area contributed by atoms with E-state index in [4.69, 9.17) is 5.73 Å². The minimum atomic E-state index is 0.162. The highest BCUT2D eigenvalue weighted by Gasteiger charge is 2.45. The third kappa shape index (κ3) is 1.99. The molecule has 1 aromatic rings. The zero-order valence-corrected chi connectivity index (χ0v) is 12.0. The van der Waals surface area contributed by atoms with Gasteiger partial charge in [0.1, 0.15) is 12.2 Å². The van der Waals surface area contributed by atoms with Gasteiger partial charge in [-0.1, -0.05) is 26.7 Å². The summed E-state index contributed by atoms with van der Waals surface area (Å²) in [6.45, 7) is 8.47. The Morgan fingerprint density at radius 1 is 1.42 bits per heavy atom. The van der Waals surface area contributed by atoms with Crippen molar-refractivity contribution in [1.82, 2.24) is 19.7 Å². The normalized spacial score (nSPS) is 36.2. The van der Waals surface area contributed by atoms with E-state index in [1.165, 1.54) is 19.3 Å². The lowest BCUT2D eigenvalue weighted by Gasteiger charge is -2.53. The summed E-state index contributed by atoms with van der Waals surface area (Å²) in [6.07, 6.45) is 5.71. The Morgan fingerprint density at radius 3 is 3.05 bits per heavy atom. The zero-order valence-electron chi connectivity index (χ0n) is 12.0. The molecule has 2 heterocycles. The van der Waals surface area contributed by atoms with E-state index in [1.54, 1.807) is 0 Å². The number of fused-ring (bicyclic) bond motifs is 1. The van der Waals surface area contributed by atoms with Gasteiger partial charge in [0, 0.05) is 25.2 Å². The highest BCUT2D eigenvalue weighted by Crippen LogP contribution is 2.42. The first-order valence-corrected chi connectivity index (χ1v) is 7.49. The molecular weight excluding hydrogens is 238 g/mol. The van der Waals surface area contributed by atoms with Gasteiger partial charge in [0.25, 0.3) is 0 Å². The third-order valence-electron chi connectivity index (χ3n) is 5.59. The second-order valence-electron chi connectivity index (χ2n) is 6.33. The number of nitrogens with two attached hydrogens (primary N) is 1.